The fraction of sp³-hybridized carbons (Fsp3) is 0.429. The average Bonchev–Trinajstić information content (AvgIpc) is 2.39. The summed E-state index contributed by atoms with van der Waals surface area (Å²) in [7, 11) is -3.46. The maximum absolute atomic E-state index is 12.5. The molecule has 1 aromatic carbocycles. The van der Waals surface area contributed by atoms with Gasteiger partial charge in [-0.05, 0) is 43.5 Å². The van der Waals surface area contributed by atoms with Crippen LogP contribution in [-0.4, -0.2) is 30.9 Å². The van der Waals surface area contributed by atoms with E-state index in [0.29, 0.717) is 18.7 Å². The molecular weight excluding hydrogens is 262 g/mol. The van der Waals surface area contributed by atoms with E-state index in [2.05, 4.69) is 0 Å². The first kappa shape index (κ1) is 14.2. The highest BCUT2D eigenvalue weighted by atomic mass is 32.2. The molecule has 0 atom stereocenters. The summed E-state index contributed by atoms with van der Waals surface area (Å²) in [5.74, 6) is 0. The van der Waals surface area contributed by atoms with Crippen molar-refractivity contribution >= 4 is 10.0 Å². The van der Waals surface area contributed by atoms with Gasteiger partial charge in [-0.15, -0.1) is 0 Å². The number of sulfonamides is 1. The summed E-state index contributed by atoms with van der Waals surface area (Å²) >= 11 is 0. The second-order valence-electron chi connectivity index (χ2n) is 4.91. The van der Waals surface area contributed by atoms with Crippen LogP contribution in [0.3, 0.4) is 0 Å². The van der Waals surface area contributed by atoms with Crippen molar-refractivity contribution < 1.29 is 13.5 Å². The van der Waals surface area contributed by atoms with Crippen LogP contribution in [0.4, 0.5) is 0 Å². The lowest BCUT2D eigenvalue weighted by Gasteiger charge is -2.25. The lowest BCUT2D eigenvalue weighted by atomic mass is 10.1. The van der Waals surface area contributed by atoms with Crippen LogP contribution in [0.5, 0.6) is 0 Å². The Morgan fingerprint density at radius 2 is 2.05 bits per heavy atom. The smallest absolute Gasteiger partial charge is 0.243 e. The normalized spacial score (nSPS) is 17.3. The molecule has 0 saturated heterocycles. The molecule has 1 aliphatic rings. The number of hydrogen-bond donors (Lipinski definition) is 1. The molecule has 1 aromatic rings. The van der Waals surface area contributed by atoms with Crippen molar-refractivity contribution in [2.75, 3.05) is 13.1 Å². The molecule has 5 heteroatoms. The van der Waals surface area contributed by atoms with E-state index in [0.717, 1.165) is 12.0 Å². The average molecular weight is 281 g/mol. The van der Waals surface area contributed by atoms with Crippen LogP contribution in [0.2, 0.25) is 0 Å². The first-order valence-corrected chi connectivity index (χ1v) is 7.75. The van der Waals surface area contributed by atoms with E-state index in [-0.39, 0.29) is 11.5 Å². The van der Waals surface area contributed by atoms with E-state index in [1.807, 2.05) is 19.9 Å². The Balaban J connectivity index is 2.35. The zero-order valence-corrected chi connectivity index (χ0v) is 12.1. The molecule has 1 heterocycles. The van der Waals surface area contributed by atoms with Crippen molar-refractivity contribution in [3.8, 4) is 0 Å². The summed E-state index contributed by atoms with van der Waals surface area (Å²) in [4.78, 5) is 0.259. The van der Waals surface area contributed by atoms with Crippen molar-refractivity contribution in [2.24, 2.45) is 0 Å². The van der Waals surface area contributed by atoms with Crippen LogP contribution >= 0.6 is 0 Å². The molecule has 0 spiro atoms. The van der Waals surface area contributed by atoms with Gasteiger partial charge in [-0.3, -0.25) is 0 Å². The molecule has 0 radical (unpaired) electrons. The molecule has 0 unspecified atom stereocenters. The lowest BCUT2D eigenvalue weighted by molar-refractivity contribution is 0.280. The fourth-order valence-corrected chi connectivity index (χ4v) is 3.53. The van der Waals surface area contributed by atoms with Gasteiger partial charge in [0, 0.05) is 13.1 Å². The van der Waals surface area contributed by atoms with Gasteiger partial charge in [0.05, 0.1) is 11.5 Å². The Kier molecular flexibility index (Phi) is 4.08. The summed E-state index contributed by atoms with van der Waals surface area (Å²) in [6, 6.07) is 4.91. The summed E-state index contributed by atoms with van der Waals surface area (Å²) in [6.07, 6.45) is 2.72. The van der Waals surface area contributed by atoms with Gasteiger partial charge in [-0.1, -0.05) is 17.7 Å². The first-order chi connectivity index (χ1) is 8.95. The molecule has 104 valence electrons. The van der Waals surface area contributed by atoms with E-state index in [4.69, 9.17) is 0 Å². The van der Waals surface area contributed by atoms with Crippen LogP contribution in [0.15, 0.2) is 34.7 Å². The van der Waals surface area contributed by atoms with Gasteiger partial charge in [0.15, 0.2) is 0 Å². The third kappa shape index (κ3) is 2.88. The van der Waals surface area contributed by atoms with E-state index >= 15 is 0 Å². The second kappa shape index (κ2) is 5.45. The number of aliphatic hydroxyl groups excluding tert-OH is 1. The van der Waals surface area contributed by atoms with Crippen molar-refractivity contribution in [1.29, 1.82) is 0 Å². The number of benzene rings is 1. The molecule has 0 aromatic heterocycles. The summed E-state index contributed by atoms with van der Waals surface area (Å²) in [5, 5.41) is 9.24. The number of rotatable bonds is 3. The lowest BCUT2D eigenvalue weighted by Crippen LogP contribution is -2.34. The molecule has 4 nitrogen and oxygen atoms in total. The Hall–Kier alpha value is -1.17. The summed E-state index contributed by atoms with van der Waals surface area (Å²) in [6.45, 7) is 4.67. The maximum atomic E-state index is 12.5. The van der Waals surface area contributed by atoms with Crippen LogP contribution in [0, 0.1) is 6.92 Å². The largest absolute Gasteiger partial charge is 0.392 e. The predicted octanol–water partition coefficient (Wildman–Crippen LogP) is 1.83. The van der Waals surface area contributed by atoms with Gasteiger partial charge < -0.3 is 5.11 Å². The summed E-state index contributed by atoms with van der Waals surface area (Å²) < 4.78 is 26.5. The molecule has 19 heavy (non-hydrogen) atoms. The minimum atomic E-state index is -3.46. The van der Waals surface area contributed by atoms with Gasteiger partial charge in [0.1, 0.15) is 0 Å². The van der Waals surface area contributed by atoms with E-state index < -0.39 is 10.0 Å². The zero-order valence-electron chi connectivity index (χ0n) is 11.3. The molecule has 0 amide bonds. The van der Waals surface area contributed by atoms with Crippen molar-refractivity contribution in [2.45, 2.75) is 31.8 Å². The highest BCUT2D eigenvalue weighted by Crippen LogP contribution is 2.22. The van der Waals surface area contributed by atoms with Gasteiger partial charge >= 0.3 is 0 Å². The predicted molar refractivity (Wildman–Crippen MR) is 74.2 cm³/mol. The van der Waals surface area contributed by atoms with Gasteiger partial charge in [0.25, 0.3) is 0 Å². The minimum Gasteiger partial charge on any atom is -0.392 e. The van der Waals surface area contributed by atoms with E-state index in [1.54, 1.807) is 18.2 Å². The molecule has 0 bridgehead atoms. The highest BCUT2D eigenvalue weighted by molar-refractivity contribution is 7.89. The first-order valence-electron chi connectivity index (χ1n) is 6.31. The highest BCUT2D eigenvalue weighted by Gasteiger charge is 2.25. The zero-order chi connectivity index (χ0) is 14.0. The molecule has 1 aliphatic heterocycles. The Morgan fingerprint density at radius 1 is 1.32 bits per heavy atom. The molecular formula is C14H19NO3S. The Morgan fingerprint density at radius 3 is 2.63 bits per heavy atom. The Labute approximate surface area is 114 Å². The molecule has 0 fully saturated rings. The van der Waals surface area contributed by atoms with E-state index in [1.165, 1.54) is 9.88 Å². The number of aryl methyl sites for hydroxylation is 1. The third-order valence-corrected chi connectivity index (χ3v) is 5.39. The van der Waals surface area contributed by atoms with E-state index in [9.17, 15) is 13.5 Å². The van der Waals surface area contributed by atoms with Crippen molar-refractivity contribution in [3.05, 3.63) is 41.0 Å². The van der Waals surface area contributed by atoms with Gasteiger partial charge in [0.2, 0.25) is 10.0 Å². The topological polar surface area (TPSA) is 57.6 Å². The van der Waals surface area contributed by atoms with Crippen LogP contribution in [0.25, 0.3) is 0 Å². The van der Waals surface area contributed by atoms with Crippen molar-refractivity contribution in [1.82, 2.24) is 4.31 Å². The van der Waals surface area contributed by atoms with Crippen molar-refractivity contribution in [3.63, 3.8) is 0 Å². The fourth-order valence-electron chi connectivity index (χ4n) is 2.10. The molecule has 0 aliphatic carbocycles. The maximum Gasteiger partial charge on any atom is 0.243 e. The molecule has 2 rings (SSSR count). The Bertz CT molecular complexity index is 605. The number of nitrogens with zero attached hydrogens (tertiary/aromatic N) is 1. The summed E-state index contributed by atoms with van der Waals surface area (Å²) in [5.41, 5.74) is 2.78. The van der Waals surface area contributed by atoms with Crippen LogP contribution < -0.4 is 0 Å². The molecule has 1 N–H and O–H groups in total. The monoisotopic (exact) mass is 281 g/mol. The van der Waals surface area contributed by atoms with Gasteiger partial charge in [-0.2, -0.15) is 4.31 Å². The number of aliphatic hydroxyl groups is 1. The second-order valence-corrected chi connectivity index (χ2v) is 6.85. The molecule has 0 saturated carbocycles. The quantitative estimate of drug-likeness (QED) is 0.860. The van der Waals surface area contributed by atoms with Gasteiger partial charge in [-0.25, -0.2) is 8.42 Å². The standard InChI is InChI=1S/C14H19NO3S/c1-11-5-7-15(8-6-11)19(17,18)14-4-3-12(2)13(9-14)10-16/h3-5,9,16H,6-8,10H2,1-2H3. The van der Waals surface area contributed by atoms with Crippen LogP contribution in [0.1, 0.15) is 24.5 Å². The SMILES string of the molecule is CC1=CCN(S(=O)(=O)c2ccc(C)c(CO)c2)CC1. The number of hydrogen-bond acceptors (Lipinski definition) is 3. The van der Waals surface area contributed by atoms with Crippen LogP contribution in [-0.2, 0) is 16.6 Å². The third-order valence-electron chi connectivity index (χ3n) is 3.53. The minimum absolute atomic E-state index is 0.145.